The van der Waals surface area contributed by atoms with E-state index in [1.807, 2.05) is 0 Å². The van der Waals surface area contributed by atoms with E-state index < -0.39 is 9.75 Å². The molecule has 1 atom stereocenters. The molecular weight excluding hydrogens is 304 g/mol. The number of carbonyl (C=O) groups excluding carboxylic acids is 1. The fraction of sp³-hybridized carbons (Fsp3) is 0.364. The molecule has 1 N–H and O–H groups in total. The Bertz CT molecular complexity index is 439. The lowest BCUT2D eigenvalue weighted by Gasteiger charge is -2.09. The first-order valence-electron chi connectivity index (χ1n) is 5.21. The van der Waals surface area contributed by atoms with Crippen molar-refractivity contribution in [2.24, 2.45) is 0 Å². The molecule has 0 aliphatic rings. The van der Waals surface area contributed by atoms with Gasteiger partial charge in [0.15, 0.2) is 0 Å². The maximum atomic E-state index is 11.1. The van der Waals surface area contributed by atoms with Crippen LogP contribution in [0.5, 0.6) is 0 Å². The van der Waals surface area contributed by atoms with E-state index in [1.165, 1.54) is 13.2 Å². The van der Waals surface area contributed by atoms with Crippen molar-refractivity contribution in [1.29, 1.82) is 0 Å². The largest absolute Gasteiger partial charge is 0.468 e. The zero-order valence-corrected chi connectivity index (χ0v) is 11.3. The molecule has 0 spiro atoms. The van der Waals surface area contributed by atoms with Gasteiger partial charge in [0.25, 0.3) is 5.69 Å². The summed E-state index contributed by atoms with van der Waals surface area (Å²) in [6.45, 7) is 0.648. The molecule has 0 radical (unpaired) electrons. The molecule has 1 rings (SSSR count). The lowest BCUT2D eigenvalue weighted by molar-refractivity contribution is -0.385. The van der Waals surface area contributed by atoms with Gasteiger partial charge in [-0.3, -0.25) is 14.9 Å². The van der Waals surface area contributed by atoms with Gasteiger partial charge in [-0.15, -0.1) is 0 Å². The number of nitrogens with zero attached hydrogens (tertiary/aromatic N) is 1. The van der Waals surface area contributed by atoms with Crippen molar-refractivity contribution in [1.82, 2.24) is 5.32 Å². The predicted octanol–water partition coefficient (Wildman–Crippen LogP) is 1.62. The van der Waals surface area contributed by atoms with Crippen molar-refractivity contribution in [3.63, 3.8) is 0 Å². The highest BCUT2D eigenvalue weighted by molar-refractivity contribution is 9.10. The van der Waals surface area contributed by atoms with Crippen LogP contribution in [0.4, 0.5) is 5.69 Å². The Morgan fingerprint density at radius 3 is 2.83 bits per heavy atom. The summed E-state index contributed by atoms with van der Waals surface area (Å²) in [5, 5.41) is 13.7. The number of ether oxygens (including phenoxy) is 1. The summed E-state index contributed by atoms with van der Waals surface area (Å²) in [5.74, 6) is -0.384. The molecule has 0 saturated carbocycles. The normalized spacial score (nSPS) is 11.9. The lowest BCUT2D eigenvalue weighted by Crippen LogP contribution is -2.29. The average Bonchev–Trinajstić information content (AvgIpc) is 2.38. The maximum Gasteiger partial charge on any atom is 0.320 e. The molecular formula is C11H13BrN2O4. The van der Waals surface area contributed by atoms with Crippen LogP contribution in [0.1, 0.15) is 5.56 Å². The fourth-order valence-corrected chi connectivity index (χ4v) is 1.80. The third-order valence-corrected chi connectivity index (χ3v) is 2.98. The van der Waals surface area contributed by atoms with Crippen LogP contribution in [-0.4, -0.2) is 29.4 Å². The van der Waals surface area contributed by atoms with Crippen LogP contribution in [0.3, 0.4) is 0 Å². The summed E-state index contributed by atoms with van der Waals surface area (Å²) in [7, 11) is 1.30. The van der Waals surface area contributed by atoms with E-state index >= 15 is 0 Å². The van der Waals surface area contributed by atoms with Crippen LogP contribution >= 0.6 is 15.9 Å². The topological polar surface area (TPSA) is 81.5 Å². The number of halogens is 1. The molecule has 0 saturated heterocycles. The summed E-state index contributed by atoms with van der Waals surface area (Å²) in [6.07, 6.45) is 0. The zero-order chi connectivity index (χ0) is 13.5. The Morgan fingerprint density at radius 1 is 1.56 bits per heavy atom. The van der Waals surface area contributed by atoms with Gasteiger partial charge in [0, 0.05) is 24.7 Å². The van der Waals surface area contributed by atoms with Crippen molar-refractivity contribution < 1.29 is 14.5 Å². The Hall–Kier alpha value is -1.47. The minimum absolute atomic E-state index is 0.0641. The second-order valence-electron chi connectivity index (χ2n) is 3.51. The van der Waals surface area contributed by atoms with E-state index in [1.54, 1.807) is 18.2 Å². The Balaban J connectivity index is 2.54. The molecule has 98 valence electrons. The molecule has 0 amide bonds. The van der Waals surface area contributed by atoms with Crippen LogP contribution < -0.4 is 5.32 Å². The highest BCUT2D eigenvalue weighted by Gasteiger charge is 2.16. The Kier molecular flexibility index (Phi) is 5.73. The number of hydrogen-bond acceptors (Lipinski definition) is 5. The van der Waals surface area contributed by atoms with E-state index in [0.29, 0.717) is 18.7 Å². The number of nitro benzene ring substituents is 1. The predicted molar refractivity (Wildman–Crippen MR) is 69.5 cm³/mol. The molecule has 1 unspecified atom stereocenters. The second-order valence-corrected chi connectivity index (χ2v) is 4.61. The first kappa shape index (κ1) is 14.6. The second kappa shape index (κ2) is 7.07. The molecule has 7 heteroatoms. The molecule has 0 bridgehead atoms. The van der Waals surface area contributed by atoms with E-state index in [4.69, 9.17) is 0 Å². The van der Waals surface area contributed by atoms with Gasteiger partial charge in [0.1, 0.15) is 4.83 Å². The van der Waals surface area contributed by atoms with E-state index in [9.17, 15) is 14.9 Å². The minimum atomic E-state index is -0.467. The van der Waals surface area contributed by atoms with Crippen molar-refractivity contribution in [3.05, 3.63) is 39.9 Å². The average molecular weight is 317 g/mol. The fourth-order valence-electron chi connectivity index (χ4n) is 1.38. The molecule has 0 aliphatic heterocycles. The lowest BCUT2D eigenvalue weighted by atomic mass is 10.2. The van der Waals surface area contributed by atoms with Crippen LogP contribution in [0, 0.1) is 10.1 Å². The SMILES string of the molecule is COC(=O)C(Br)CNCc1ccccc1[N+](=O)[O-]. The Labute approximate surface area is 113 Å². The third kappa shape index (κ3) is 4.08. The van der Waals surface area contributed by atoms with Crippen LogP contribution in [0.2, 0.25) is 0 Å². The number of methoxy groups -OCH3 is 1. The van der Waals surface area contributed by atoms with Crippen molar-refractivity contribution in [2.45, 2.75) is 11.4 Å². The van der Waals surface area contributed by atoms with Crippen LogP contribution in [0.25, 0.3) is 0 Å². The van der Waals surface area contributed by atoms with E-state index in [0.717, 1.165) is 0 Å². The molecule has 0 heterocycles. The van der Waals surface area contributed by atoms with E-state index in [2.05, 4.69) is 26.0 Å². The molecule has 0 aliphatic carbocycles. The van der Waals surface area contributed by atoms with Crippen LogP contribution in [-0.2, 0) is 16.1 Å². The van der Waals surface area contributed by atoms with Gasteiger partial charge >= 0.3 is 5.97 Å². The number of hydrogen-bond donors (Lipinski definition) is 1. The van der Waals surface area contributed by atoms with Crippen LogP contribution in [0.15, 0.2) is 24.3 Å². The summed E-state index contributed by atoms with van der Waals surface area (Å²) in [5.41, 5.74) is 0.640. The first-order chi connectivity index (χ1) is 8.56. The standard InChI is InChI=1S/C11H13BrN2O4/c1-18-11(15)9(12)7-13-6-8-4-2-3-5-10(8)14(16)17/h2-5,9,13H,6-7H2,1H3. The van der Waals surface area contributed by atoms with Crippen molar-refractivity contribution >= 4 is 27.6 Å². The molecule has 1 aromatic rings. The molecule has 6 nitrogen and oxygen atoms in total. The summed E-state index contributed by atoms with van der Waals surface area (Å²) in [4.78, 5) is 21.0. The monoisotopic (exact) mass is 316 g/mol. The van der Waals surface area contributed by atoms with E-state index in [-0.39, 0.29) is 11.7 Å². The van der Waals surface area contributed by atoms with Crippen molar-refractivity contribution in [3.8, 4) is 0 Å². The number of nitrogens with one attached hydrogen (secondary N) is 1. The Morgan fingerprint density at radius 2 is 2.22 bits per heavy atom. The van der Waals surface area contributed by atoms with Gasteiger partial charge in [-0.2, -0.15) is 0 Å². The highest BCUT2D eigenvalue weighted by Crippen LogP contribution is 2.17. The summed E-state index contributed by atoms with van der Waals surface area (Å²) >= 11 is 3.15. The first-order valence-corrected chi connectivity index (χ1v) is 6.12. The third-order valence-electron chi connectivity index (χ3n) is 2.28. The zero-order valence-electron chi connectivity index (χ0n) is 9.76. The number of alkyl halides is 1. The summed E-state index contributed by atoms with van der Waals surface area (Å²) < 4.78 is 4.54. The molecule has 0 fully saturated rings. The van der Waals surface area contributed by atoms with Gasteiger partial charge in [0.2, 0.25) is 0 Å². The van der Waals surface area contributed by atoms with Gasteiger partial charge in [0.05, 0.1) is 12.0 Å². The van der Waals surface area contributed by atoms with Gasteiger partial charge in [-0.1, -0.05) is 34.1 Å². The summed E-state index contributed by atoms with van der Waals surface area (Å²) in [6, 6.07) is 6.47. The van der Waals surface area contributed by atoms with Gasteiger partial charge in [-0.25, -0.2) is 0 Å². The molecule has 18 heavy (non-hydrogen) atoms. The number of para-hydroxylation sites is 1. The number of nitro groups is 1. The number of carbonyl (C=O) groups is 1. The smallest absolute Gasteiger partial charge is 0.320 e. The maximum absolute atomic E-state index is 11.1. The number of benzene rings is 1. The highest BCUT2D eigenvalue weighted by atomic mass is 79.9. The number of rotatable bonds is 6. The quantitative estimate of drug-likeness (QED) is 0.373. The minimum Gasteiger partial charge on any atom is -0.468 e. The molecule has 0 aromatic heterocycles. The van der Waals surface area contributed by atoms with Crippen molar-refractivity contribution in [2.75, 3.05) is 13.7 Å². The number of esters is 1. The van der Waals surface area contributed by atoms with Gasteiger partial charge in [-0.05, 0) is 0 Å². The van der Waals surface area contributed by atoms with Gasteiger partial charge < -0.3 is 10.1 Å². The molecule has 1 aromatic carbocycles.